The van der Waals surface area contributed by atoms with Crippen LogP contribution in [0.4, 0.5) is 0 Å². The molecule has 1 atom stereocenters. The zero-order valence-corrected chi connectivity index (χ0v) is 11.8. The Morgan fingerprint density at radius 3 is 2.71 bits per heavy atom. The molecule has 0 bridgehead atoms. The third-order valence-electron chi connectivity index (χ3n) is 3.46. The summed E-state index contributed by atoms with van der Waals surface area (Å²) in [5, 5.41) is 18.9. The predicted molar refractivity (Wildman–Crippen MR) is 76.9 cm³/mol. The first-order chi connectivity index (χ1) is 10.1. The lowest BCUT2D eigenvalue weighted by molar-refractivity contribution is 0.149. The number of aliphatic hydroxyl groups excluding tert-OH is 1. The van der Waals surface area contributed by atoms with Crippen molar-refractivity contribution in [3.63, 3.8) is 0 Å². The predicted octanol–water partition coefficient (Wildman–Crippen LogP) is 1.73. The first-order valence-corrected chi connectivity index (χ1v) is 6.64. The van der Waals surface area contributed by atoms with E-state index in [0.717, 1.165) is 5.56 Å². The smallest absolute Gasteiger partial charge is 0.296 e. The van der Waals surface area contributed by atoms with E-state index in [1.54, 1.807) is 26.0 Å². The average Bonchev–Trinajstić information content (AvgIpc) is 2.88. The maximum atomic E-state index is 12.3. The molecule has 2 aromatic heterocycles. The lowest BCUT2D eigenvalue weighted by atomic mass is 10.1. The second-order valence-electron chi connectivity index (χ2n) is 4.96. The van der Waals surface area contributed by atoms with E-state index in [1.165, 1.54) is 4.68 Å². The number of hydrogen-bond donors (Lipinski definition) is 1. The molecule has 6 heteroatoms. The van der Waals surface area contributed by atoms with Crippen molar-refractivity contribution in [3.05, 3.63) is 57.7 Å². The highest BCUT2D eigenvalue weighted by Crippen LogP contribution is 2.18. The summed E-state index contributed by atoms with van der Waals surface area (Å²) in [7, 11) is 0. The Balaban J connectivity index is 2.02. The van der Waals surface area contributed by atoms with E-state index in [-0.39, 0.29) is 17.6 Å². The van der Waals surface area contributed by atoms with Gasteiger partial charge in [-0.15, -0.1) is 0 Å². The molecule has 3 rings (SSSR count). The third kappa shape index (κ3) is 2.34. The minimum atomic E-state index is -0.804. The maximum Gasteiger partial charge on any atom is 0.296 e. The summed E-state index contributed by atoms with van der Waals surface area (Å²) in [4.78, 5) is 12.3. The van der Waals surface area contributed by atoms with Crippen LogP contribution in [0.3, 0.4) is 0 Å². The Morgan fingerprint density at radius 1 is 1.29 bits per heavy atom. The lowest BCUT2D eigenvalue weighted by Gasteiger charge is -2.12. The molecule has 1 N–H and O–H groups in total. The largest absolute Gasteiger partial charge is 0.386 e. The van der Waals surface area contributed by atoms with Gasteiger partial charge >= 0.3 is 0 Å². The van der Waals surface area contributed by atoms with E-state index < -0.39 is 6.10 Å². The van der Waals surface area contributed by atoms with Gasteiger partial charge in [0.2, 0.25) is 0 Å². The SMILES string of the molecule is Cc1nn(C[C@@H](O)c2ccccc2)c(=O)c2noc(C)c12. The molecule has 108 valence electrons. The fraction of sp³-hybridized carbons (Fsp3) is 0.267. The van der Waals surface area contributed by atoms with Crippen molar-refractivity contribution in [1.29, 1.82) is 0 Å². The van der Waals surface area contributed by atoms with E-state index >= 15 is 0 Å². The molecular weight excluding hydrogens is 270 g/mol. The van der Waals surface area contributed by atoms with Crippen LogP contribution in [0, 0.1) is 13.8 Å². The van der Waals surface area contributed by atoms with Gasteiger partial charge < -0.3 is 9.63 Å². The van der Waals surface area contributed by atoms with Crippen molar-refractivity contribution in [2.45, 2.75) is 26.5 Å². The Labute approximate surface area is 120 Å². The zero-order chi connectivity index (χ0) is 15.0. The maximum absolute atomic E-state index is 12.3. The van der Waals surface area contributed by atoms with Crippen LogP contribution in [0.2, 0.25) is 0 Å². The summed E-state index contributed by atoms with van der Waals surface area (Å²) in [6.45, 7) is 3.61. The summed E-state index contributed by atoms with van der Waals surface area (Å²) in [5.74, 6) is 0.572. The van der Waals surface area contributed by atoms with E-state index in [4.69, 9.17) is 4.52 Å². The van der Waals surface area contributed by atoms with Crippen LogP contribution >= 0.6 is 0 Å². The van der Waals surface area contributed by atoms with Gasteiger partial charge in [-0.25, -0.2) is 4.68 Å². The van der Waals surface area contributed by atoms with Gasteiger partial charge in [0.05, 0.1) is 23.7 Å². The number of hydrogen-bond acceptors (Lipinski definition) is 5. The molecule has 0 aliphatic rings. The highest BCUT2D eigenvalue weighted by molar-refractivity contribution is 5.81. The van der Waals surface area contributed by atoms with Crippen molar-refractivity contribution < 1.29 is 9.63 Å². The minimum Gasteiger partial charge on any atom is -0.386 e. The van der Waals surface area contributed by atoms with Crippen LogP contribution in [0.1, 0.15) is 23.1 Å². The van der Waals surface area contributed by atoms with Gasteiger partial charge in [0.15, 0.2) is 5.52 Å². The van der Waals surface area contributed by atoms with E-state index in [9.17, 15) is 9.90 Å². The first-order valence-electron chi connectivity index (χ1n) is 6.64. The van der Waals surface area contributed by atoms with Crippen molar-refractivity contribution >= 4 is 10.9 Å². The molecule has 21 heavy (non-hydrogen) atoms. The van der Waals surface area contributed by atoms with Crippen molar-refractivity contribution in [1.82, 2.24) is 14.9 Å². The summed E-state index contributed by atoms with van der Waals surface area (Å²) >= 11 is 0. The van der Waals surface area contributed by atoms with Gasteiger partial charge in [-0.3, -0.25) is 4.79 Å². The highest BCUT2D eigenvalue weighted by atomic mass is 16.5. The molecule has 0 aliphatic heterocycles. The second kappa shape index (κ2) is 5.14. The quantitative estimate of drug-likeness (QED) is 0.792. The number of benzene rings is 1. The van der Waals surface area contributed by atoms with Gasteiger partial charge in [0.1, 0.15) is 5.76 Å². The van der Waals surface area contributed by atoms with E-state index in [1.807, 2.05) is 18.2 Å². The van der Waals surface area contributed by atoms with Gasteiger partial charge in [-0.05, 0) is 19.4 Å². The third-order valence-corrected chi connectivity index (χ3v) is 3.46. The standard InChI is InChI=1S/C15H15N3O3/c1-9-13-10(2)21-17-14(13)15(20)18(16-9)8-12(19)11-6-4-3-5-7-11/h3-7,12,19H,8H2,1-2H3/t12-/m1/s1. The number of fused-ring (bicyclic) bond motifs is 1. The van der Waals surface area contributed by atoms with Crippen molar-refractivity contribution in [2.75, 3.05) is 0 Å². The molecule has 1 aromatic carbocycles. The Morgan fingerprint density at radius 2 is 2.00 bits per heavy atom. The van der Waals surface area contributed by atoms with Gasteiger partial charge in [0.25, 0.3) is 5.56 Å². The van der Waals surface area contributed by atoms with Crippen LogP contribution in [0.5, 0.6) is 0 Å². The molecule has 0 amide bonds. The second-order valence-corrected chi connectivity index (χ2v) is 4.96. The van der Waals surface area contributed by atoms with Crippen LogP contribution in [0.25, 0.3) is 10.9 Å². The van der Waals surface area contributed by atoms with Crippen LogP contribution < -0.4 is 5.56 Å². The summed E-state index contributed by atoms with van der Waals surface area (Å²) < 4.78 is 6.29. The van der Waals surface area contributed by atoms with Gasteiger partial charge in [-0.2, -0.15) is 5.10 Å². The normalized spacial score (nSPS) is 12.7. The molecule has 3 aromatic rings. The fourth-order valence-corrected chi connectivity index (χ4v) is 2.41. The highest BCUT2D eigenvalue weighted by Gasteiger charge is 2.17. The van der Waals surface area contributed by atoms with Crippen molar-refractivity contribution in [2.24, 2.45) is 0 Å². The molecule has 0 aliphatic carbocycles. The Kier molecular flexibility index (Phi) is 3.31. The van der Waals surface area contributed by atoms with Crippen molar-refractivity contribution in [3.8, 4) is 0 Å². The van der Waals surface area contributed by atoms with Crippen LogP contribution in [0.15, 0.2) is 39.6 Å². The number of nitrogens with zero attached hydrogens (tertiary/aromatic N) is 3. The fourth-order valence-electron chi connectivity index (χ4n) is 2.41. The number of rotatable bonds is 3. The summed E-state index contributed by atoms with van der Waals surface area (Å²) in [6.07, 6.45) is -0.804. The molecule has 0 saturated heterocycles. The molecule has 0 radical (unpaired) electrons. The number of aliphatic hydroxyl groups is 1. The number of aryl methyl sites for hydroxylation is 2. The molecule has 0 spiro atoms. The monoisotopic (exact) mass is 285 g/mol. The Hall–Kier alpha value is -2.47. The lowest BCUT2D eigenvalue weighted by Crippen LogP contribution is -2.27. The summed E-state index contributed by atoms with van der Waals surface area (Å²) in [5.41, 5.74) is 1.28. The van der Waals surface area contributed by atoms with E-state index in [2.05, 4.69) is 10.3 Å². The molecule has 2 heterocycles. The molecular formula is C15H15N3O3. The van der Waals surface area contributed by atoms with E-state index in [0.29, 0.717) is 16.8 Å². The molecule has 6 nitrogen and oxygen atoms in total. The van der Waals surface area contributed by atoms with Crippen LogP contribution in [-0.4, -0.2) is 20.0 Å². The first kappa shape index (κ1) is 13.5. The topological polar surface area (TPSA) is 81.1 Å². The molecule has 0 fully saturated rings. The molecule has 0 saturated carbocycles. The van der Waals surface area contributed by atoms with Gasteiger partial charge in [0, 0.05) is 0 Å². The van der Waals surface area contributed by atoms with Gasteiger partial charge in [-0.1, -0.05) is 35.5 Å². The average molecular weight is 285 g/mol. The Bertz CT molecular complexity index is 836. The molecule has 0 unspecified atom stereocenters. The summed E-state index contributed by atoms with van der Waals surface area (Å²) in [6, 6.07) is 9.16. The minimum absolute atomic E-state index is 0.0749. The van der Waals surface area contributed by atoms with Crippen LogP contribution in [-0.2, 0) is 6.54 Å². The number of aromatic nitrogens is 3. The zero-order valence-electron chi connectivity index (χ0n) is 11.8.